The van der Waals surface area contributed by atoms with E-state index in [1.807, 2.05) is 86.6 Å². The summed E-state index contributed by atoms with van der Waals surface area (Å²) in [6, 6.07) is 22.7. The highest BCUT2D eigenvalue weighted by Gasteiger charge is 2.14. The first-order valence-corrected chi connectivity index (χ1v) is 10.1. The van der Waals surface area contributed by atoms with Crippen LogP contribution < -0.4 is 10.6 Å². The molecule has 0 fully saturated rings. The Bertz CT molecular complexity index is 1290. The maximum absolute atomic E-state index is 13.2. The van der Waals surface area contributed by atoms with E-state index < -0.39 is 0 Å². The molecule has 1 heterocycles. The fraction of sp³-hybridized carbons (Fsp3) is 0.115. The van der Waals surface area contributed by atoms with Gasteiger partial charge in [-0.1, -0.05) is 36.4 Å². The largest absolute Gasteiger partial charge is 0.326 e. The van der Waals surface area contributed by atoms with E-state index in [9.17, 15) is 9.59 Å². The summed E-state index contributed by atoms with van der Waals surface area (Å²) in [5.74, 6) is -0.306. The first kappa shape index (κ1) is 20.3. The number of pyridine rings is 1. The lowest BCUT2D eigenvalue weighted by Gasteiger charge is -2.12. The molecule has 0 bridgehead atoms. The molecule has 154 valence electrons. The van der Waals surface area contributed by atoms with Crippen molar-refractivity contribution in [1.29, 1.82) is 0 Å². The van der Waals surface area contributed by atoms with E-state index >= 15 is 0 Å². The molecule has 0 spiro atoms. The number of para-hydroxylation sites is 1. The Balaban J connectivity index is 1.73. The molecule has 2 N–H and O–H groups in total. The number of rotatable bonds is 4. The van der Waals surface area contributed by atoms with Crippen LogP contribution in [0.2, 0.25) is 0 Å². The summed E-state index contributed by atoms with van der Waals surface area (Å²) in [5.41, 5.74) is 6.63. The lowest BCUT2D eigenvalue weighted by atomic mass is 10.0. The zero-order valence-electron chi connectivity index (χ0n) is 17.7. The van der Waals surface area contributed by atoms with Gasteiger partial charge in [-0.3, -0.25) is 9.59 Å². The van der Waals surface area contributed by atoms with Gasteiger partial charge in [-0.15, -0.1) is 0 Å². The van der Waals surface area contributed by atoms with E-state index in [0.717, 1.165) is 27.7 Å². The zero-order valence-corrected chi connectivity index (χ0v) is 17.7. The van der Waals surface area contributed by atoms with E-state index in [4.69, 9.17) is 4.98 Å². The number of hydrogen-bond donors (Lipinski definition) is 2. The molecule has 0 aliphatic heterocycles. The normalized spacial score (nSPS) is 10.7. The molecule has 0 aliphatic carbocycles. The molecular weight excluding hydrogens is 386 g/mol. The molecule has 0 saturated carbocycles. The Kier molecular flexibility index (Phi) is 5.50. The van der Waals surface area contributed by atoms with Gasteiger partial charge >= 0.3 is 0 Å². The van der Waals surface area contributed by atoms with Gasteiger partial charge in [0.05, 0.1) is 16.8 Å². The van der Waals surface area contributed by atoms with E-state index in [1.54, 1.807) is 0 Å². The number of carbonyl (C=O) groups is 2. The Hall–Kier alpha value is -3.99. The van der Waals surface area contributed by atoms with Crippen LogP contribution in [0, 0.1) is 13.8 Å². The first-order chi connectivity index (χ1) is 14.9. The van der Waals surface area contributed by atoms with Crippen molar-refractivity contribution in [2.45, 2.75) is 20.8 Å². The van der Waals surface area contributed by atoms with Crippen molar-refractivity contribution < 1.29 is 9.59 Å². The van der Waals surface area contributed by atoms with Crippen LogP contribution in [0.1, 0.15) is 28.4 Å². The number of carbonyl (C=O) groups excluding carboxylic acids is 2. The van der Waals surface area contributed by atoms with Crippen molar-refractivity contribution in [2.75, 3.05) is 10.6 Å². The second-order valence-corrected chi connectivity index (χ2v) is 7.58. The van der Waals surface area contributed by atoms with Crippen LogP contribution in [-0.4, -0.2) is 16.8 Å². The second-order valence-electron chi connectivity index (χ2n) is 7.58. The molecule has 5 nitrogen and oxygen atoms in total. The molecule has 31 heavy (non-hydrogen) atoms. The molecule has 0 aliphatic rings. The SMILES string of the molecule is CC(=O)Nc1ccc(-c2cc(C(=O)Nc3ccc(C)c(C)c3)c3ccccc3n2)cc1. The highest BCUT2D eigenvalue weighted by Crippen LogP contribution is 2.27. The molecule has 0 unspecified atom stereocenters. The van der Waals surface area contributed by atoms with Crippen LogP contribution in [0.4, 0.5) is 11.4 Å². The number of aryl methyl sites for hydroxylation is 2. The highest BCUT2D eigenvalue weighted by molar-refractivity contribution is 6.13. The number of nitrogens with zero attached hydrogens (tertiary/aromatic N) is 1. The van der Waals surface area contributed by atoms with Crippen LogP contribution in [0.15, 0.2) is 72.8 Å². The van der Waals surface area contributed by atoms with Crippen LogP contribution in [0.25, 0.3) is 22.2 Å². The first-order valence-electron chi connectivity index (χ1n) is 10.1. The van der Waals surface area contributed by atoms with Crippen LogP contribution in [-0.2, 0) is 4.79 Å². The van der Waals surface area contributed by atoms with Gasteiger partial charge in [0.1, 0.15) is 0 Å². The maximum atomic E-state index is 13.2. The van der Waals surface area contributed by atoms with Gasteiger partial charge in [-0.05, 0) is 61.4 Å². The topological polar surface area (TPSA) is 71.1 Å². The minimum Gasteiger partial charge on any atom is -0.326 e. The molecule has 1 aromatic heterocycles. The van der Waals surface area contributed by atoms with Crippen LogP contribution >= 0.6 is 0 Å². The third kappa shape index (κ3) is 4.46. The fourth-order valence-corrected chi connectivity index (χ4v) is 3.46. The zero-order chi connectivity index (χ0) is 22.0. The summed E-state index contributed by atoms with van der Waals surface area (Å²) in [7, 11) is 0. The van der Waals surface area contributed by atoms with Gasteiger partial charge in [-0.25, -0.2) is 4.98 Å². The quantitative estimate of drug-likeness (QED) is 0.452. The van der Waals surface area contributed by atoms with Gasteiger partial charge in [0, 0.05) is 29.2 Å². The standard InChI is InChI=1S/C26H23N3O2/c1-16-8-11-21(14-17(16)2)28-26(31)23-15-25(29-24-7-5-4-6-22(23)24)19-9-12-20(13-10-19)27-18(3)30/h4-15H,1-3H3,(H,27,30)(H,28,31). The number of anilines is 2. The molecule has 0 radical (unpaired) electrons. The second kappa shape index (κ2) is 8.40. The van der Waals surface area contributed by atoms with E-state index in [2.05, 4.69) is 10.6 Å². The van der Waals surface area contributed by atoms with Gasteiger partial charge in [-0.2, -0.15) is 0 Å². The predicted octanol–water partition coefficient (Wildman–Crippen LogP) is 5.73. The van der Waals surface area contributed by atoms with Crippen molar-refractivity contribution >= 4 is 34.1 Å². The minimum absolute atomic E-state index is 0.123. The molecule has 0 saturated heterocycles. The molecule has 4 rings (SSSR count). The molecule has 5 heteroatoms. The fourth-order valence-electron chi connectivity index (χ4n) is 3.46. The third-order valence-electron chi connectivity index (χ3n) is 5.23. The average Bonchev–Trinajstić information content (AvgIpc) is 2.75. The van der Waals surface area contributed by atoms with Gasteiger partial charge in [0.2, 0.25) is 5.91 Å². The van der Waals surface area contributed by atoms with Crippen molar-refractivity contribution in [3.05, 3.63) is 89.5 Å². The summed E-state index contributed by atoms with van der Waals surface area (Å²) >= 11 is 0. The lowest BCUT2D eigenvalue weighted by molar-refractivity contribution is -0.114. The van der Waals surface area contributed by atoms with Crippen LogP contribution in [0.3, 0.4) is 0 Å². The summed E-state index contributed by atoms with van der Waals surface area (Å²) in [4.78, 5) is 29.2. The highest BCUT2D eigenvalue weighted by atomic mass is 16.2. The predicted molar refractivity (Wildman–Crippen MR) is 125 cm³/mol. The number of hydrogen-bond acceptors (Lipinski definition) is 3. The molecule has 0 atom stereocenters. The number of nitrogens with one attached hydrogen (secondary N) is 2. The van der Waals surface area contributed by atoms with Crippen molar-refractivity contribution in [1.82, 2.24) is 4.98 Å². The lowest BCUT2D eigenvalue weighted by Crippen LogP contribution is -2.13. The third-order valence-corrected chi connectivity index (χ3v) is 5.23. The van der Waals surface area contributed by atoms with E-state index in [0.29, 0.717) is 16.9 Å². The summed E-state index contributed by atoms with van der Waals surface area (Å²) in [6.07, 6.45) is 0. The Morgan fingerprint density at radius 2 is 1.48 bits per heavy atom. The van der Waals surface area contributed by atoms with Crippen molar-refractivity contribution in [2.24, 2.45) is 0 Å². The molecule has 2 amide bonds. The average molecular weight is 409 g/mol. The minimum atomic E-state index is -0.182. The van der Waals surface area contributed by atoms with Gasteiger partial charge < -0.3 is 10.6 Å². The smallest absolute Gasteiger partial charge is 0.256 e. The number of aromatic nitrogens is 1. The monoisotopic (exact) mass is 409 g/mol. The number of amides is 2. The van der Waals surface area contributed by atoms with E-state index in [1.165, 1.54) is 12.5 Å². The molecular formula is C26H23N3O2. The number of fused-ring (bicyclic) bond motifs is 1. The van der Waals surface area contributed by atoms with Gasteiger partial charge in [0.25, 0.3) is 5.91 Å². The summed E-state index contributed by atoms with van der Waals surface area (Å²) in [5, 5.41) is 6.56. The van der Waals surface area contributed by atoms with Gasteiger partial charge in [0.15, 0.2) is 0 Å². The Labute approximate surface area is 181 Å². The Morgan fingerprint density at radius 3 is 2.19 bits per heavy atom. The summed E-state index contributed by atoms with van der Waals surface area (Å²) < 4.78 is 0. The molecule has 3 aromatic carbocycles. The van der Waals surface area contributed by atoms with Crippen LogP contribution in [0.5, 0.6) is 0 Å². The molecule has 4 aromatic rings. The Morgan fingerprint density at radius 1 is 0.774 bits per heavy atom. The van der Waals surface area contributed by atoms with Crippen molar-refractivity contribution in [3.63, 3.8) is 0 Å². The van der Waals surface area contributed by atoms with Crippen molar-refractivity contribution in [3.8, 4) is 11.3 Å². The maximum Gasteiger partial charge on any atom is 0.256 e. The number of benzene rings is 3. The summed E-state index contributed by atoms with van der Waals surface area (Å²) in [6.45, 7) is 5.54. The van der Waals surface area contributed by atoms with E-state index in [-0.39, 0.29) is 11.8 Å².